The first-order chi connectivity index (χ1) is 19.7. The van der Waals surface area contributed by atoms with Crippen LogP contribution in [0.15, 0.2) is 84.0 Å². The van der Waals surface area contributed by atoms with Gasteiger partial charge >= 0.3 is 18.4 Å². The highest BCUT2D eigenvalue weighted by Gasteiger charge is 2.31. The van der Waals surface area contributed by atoms with E-state index in [4.69, 9.17) is 5.73 Å². The molecule has 1 heterocycles. The molecule has 13 heteroatoms. The average molecular weight is 590 g/mol. The van der Waals surface area contributed by atoms with Crippen LogP contribution >= 0.6 is 0 Å². The van der Waals surface area contributed by atoms with Gasteiger partial charge in [-0.15, -0.1) is 0 Å². The summed E-state index contributed by atoms with van der Waals surface area (Å²) >= 11 is 0. The average Bonchev–Trinajstić information content (AvgIpc) is 2.93. The highest BCUT2D eigenvalue weighted by atomic mass is 19.4. The maximum absolute atomic E-state index is 12.6. The number of amides is 2. The summed E-state index contributed by atoms with van der Waals surface area (Å²) in [6.07, 6.45) is -5.76. The number of carbonyl (C=O) groups excluding carboxylic acids is 2. The standard InChI is InChI=1S/C19H17F3N4O.C10H8F3NO/c1-11(12-5-7-14(8-6-12)19(20,21)22)25-18(27)26-16-4-2-3-13-10-24-17(23)9-15(13)16;1-7(14-6-15)8-2-4-9(5-3-8)10(11,12)13/h2-11H,1H3,(H2,23,24)(H2,25,26,27);2-5,7H,1H3. The Morgan fingerprint density at radius 3 is 1.95 bits per heavy atom. The van der Waals surface area contributed by atoms with E-state index < -0.39 is 41.6 Å². The van der Waals surface area contributed by atoms with Gasteiger partial charge in [-0.25, -0.2) is 14.6 Å². The molecule has 4 rings (SSSR count). The summed E-state index contributed by atoms with van der Waals surface area (Å²) in [4.78, 5) is 29.7. The van der Waals surface area contributed by atoms with Gasteiger partial charge in [0.1, 0.15) is 5.82 Å². The van der Waals surface area contributed by atoms with Crippen LogP contribution in [-0.2, 0) is 17.1 Å². The summed E-state index contributed by atoms with van der Waals surface area (Å²) in [5.74, 6) is 0.329. The van der Waals surface area contributed by atoms with Crippen molar-refractivity contribution in [3.05, 3.63) is 101 Å². The Morgan fingerprint density at radius 1 is 0.881 bits per heavy atom. The highest BCUT2D eigenvalue weighted by Crippen LogP contribution is 2.31. The number of pyridine rings is 1. The quantitative estimate of drug-likeness (QED) is 0.125. The van der Waals surface area contributed by atoms with E-state index in [-0.39, 0.29) is 0 Å². The number of urea groups is 1. The molecule has 220 valence electrons. The lowest BCUT2D eigenvalue weighted by atomic mass is 10.1. The number of hydrogen-bond donors (Lipinski definition) is 3. The second-order valence-corrected chi connectivity index (χ2v) is 9.09. The molecular formula is C29H25F6N5O2. The van der Waals surface area contributed by atoms with Crippen LogP contribution in [0.4, 0.5) is 42.6 Å². The Morgan fingerprint density at radius 2 is 1.43 bits per heavy atom. The molecule has 1 aromatic heterocycles. The zero-order chi connectivity index (χ0) is 31.1. The molecule has 0 saturated carbocycles. The number of anilines is 2. The largest absolute Gasteiger partial charge is 0.416 e. The molecule has 0 aliphatic rings. The summed E-state index contributed by atoms with van der Waals surface area (Å²) in [6.45, 7) is 3.29. The lowest BCUT2D eigenvalue weighted by molar-refractivity contribution is -0.138. The summed E-state index contributed by atoms with van der Waals surface area (Å²) in [5.41, 5.74) is 5.92. The van der Waals surface area contributed by atoms with Crippen LogP contribution < -0.4 is 16.4 Å². The van der Waals surface area contributed by atoms with Gasteiger partial charge in [-0.2, -0.15) is 31.3 Å². The van der Waals surface area contributed by atoms with Gasteiger partial charge in [0.15, 0.2) is 0 Å². The van der Waals surface area contributed by atoms with E-state index in [2.05, 4.69) is 20.6 Å². The van der Waals surface area contributed by atoms with Gasteiger partial charge in [0.25, 0.3) is 0 Å². The fourth-order valence-electron chi connectivity index (χ4n) is 3.80. The molecule has 2 amide bonds. The Kier molecular flexibility index (Phi) is 9.92. The number of nitrogens with zero attached hydrogens (tertiary/aromatic N) is 2. The summed E-state index contributed by atoms with van der Waals surface area (Å²) in [6, 6.07) is 14.8. The number of nitrogen functional groups attached to an aromatic ring is 1. The Balaban J connectivity index is 0.000000274. The van der Waals surface area contributed by atoms with Gasteiger partial charge < -0.3 is 16.4 Å². The van der Waals surface area contributed by atoms with E-state index in [1.165, 1.54) is 30.3 Å². The summed E-state index contributed by atoms with van der Waals surface area (Å²) < 4.78 is 74.5. The van der Waals surface area contributed by atoms with Gasteiger partial charge in [-0.3, -0.25) is 0 Å². The molecule has 42 heavy (non-hydrogen) atoms. The van der Waals surface area contributed by atoms with Crippen LogP contribution in [0.25, 0.3) is 10.8 Å². The van der Waals surface area contributed by atoms with Crippen molar-refractivity contribution in [2.75, 3.05) is 11.1 Å². The fraction of sp³-hybridized carbons (Fsp3) is 0.207. The van der Waals surface area contributed by atoms with Crippen LogP contribution in [0, 0.1) is 0 Å². The van der Waals surface area contributed by atoms with Crippen LogP contribution in [0.1, 0.15) is 48.2 Å². The number of hydrogen-bond acceptors (Lipinski definition) is 5. The topological polar surface area (TPSA) is 109 Å². The molecule has 0 aliphatic carbocycles. The molecule has 0 radical (unpaired) electrons. The van der Waals surface area contributed by atoms with Gasteiger partial charge in [-0.05, 0) is 61.4 Å². The third-order valence-corrected chi connectivity index (χ3v) is 6.09. The minimum absolute atomic E-state index is 0.329. The van der Waals surface area contributed by atoms with E-state index in [1.807, 2.05) is 6.07 Å². The number of halogens is 6. The number of alkyl halides is 6. The lowest BCUT2D eigenvalue weighted by Crippen LogP contribution is -2.31. The third-order valence-electron chi connectivity index (χ3n) is 6.09. The molecule has 7 nitrogen and oxygen atoms in total. The zero-order valence-corrected chi connectivity index (χ0v) is 22.2. The fourth-order valence-corrected chi connectivity index (χ4v) is 3.80. The minimum Gasteiger partial charge on any atom is -0.384 e. The second-order valence-electron chi connectivity index (χ2n) is 9.09. The third kappa shape index (κ3) is 8.55. The number of nitrogens with two attached hydrogens (primary N) is 1. The number of aromatic nitrogens is 1. The van der Waals surface area contributed by atoms with E-state index in [9.17, 15) is 35.9 Å². The monoisotopic (exact) mass is 589 g/mol. The van der Waals surface area contributed by atoms with Crippen LogP contribution in [0.2, 0.25) is 0 Å². The van der Waals surface area contributed by atoms with E-state index in [0.717, 1.165) is 35.0 Å². The number of nitrogens with one attached hydrogen (secondary N) is 2. The molecule has 2 unspecified atom stereocenters. The van der Waals surface area contributed by atoms with E-state index in [0.29, 0.717) is 22.6 Å². The van der Waals surface area contributed by atoms with Crippen molar-refractivity contribution in [3.63, 3.8) is 0 Å². The summed E-state index contributed by atoms with van der Waals surface area (Å²) in [5, 5.41) is 6.99. The Hall–Kier alpha value is -4.90. The SMILES string of the molecule is CC(N=C=O)c1ccc(C(F)(F)F)cc1.CC(NC(=O)Nc1cccc2cnc(N)cc12)c1ccc(C(F)(F)F)cc1. The van der Waals surface area contributed by atoms with Crippen molar-refractivity contribution in [2.24, 2.45) is 4.99 Å². The zero-order valence-electron chi connectivity index (χ0n) is 22.2. The normalized spacial score (nSPS) is 12.8. The van der Waals surface area contributed by atoms with Crippen molar-refractivity contribution in [3.8, 4) is 0 Å². The molecule has 4 aromatic rings. The number of aliphatic imine (C=N–C) groups is 1. The predicted octanol–water partition coefficient (Wildman–Crippen LogP) is 7.82. The van der Waals surface area contributed by atoms with Crippen LogP contribution in [0.3, 0.4) is 0 Å². The highest BCUT2D eigenvalue weighted by molar-refractivity contribution is 6.02. The van der Waals surface area contributed by atoms with Crippen LogP contribution in [0.5, 0.6) is 0 Å². The maximum atomic E-state index is 12.6. The van der Waals surface area contributed by atoms with Crippen molar-refractivity contribution in [2.45, 2.75) is 38.3 Å². The van der Waals surface area contributed by atoms with Crippen molar-refractivity contribution in [1.29, 1.82) is 0 Å². The molecule has 0 fully saturated rings. The number of carbonyl (C=O) groups is 1. The van der Waals surface area contributed by atoms with E-state index in [1.54, 1.807) is 38.2 Å². The molecule has 4 N–H and O–H groups in total. The Bertz CT molecular complexity index is 1570. The number of isocyanates is 1. The summed E-state index contributed by atoms with van der Waals surface area (Å²) in [7, 11) is 0. The molecule has 0 bridgehead atoms. The second kappa shape index (κ2) is 13.2. The molecule has 0 spiro atoms. The first-order valence-corrected chi connectivity index (χ1v) is 12.3. The number of benzene rings is 3. The number of fused-ring (bicyclic) bond motifs is 1. The Labute approximate surface area is 236 Å². The van der Waals surface area contributed by atoms with Gasteiger partial charge in [0, 0.05) is 17.0 Å². The first kappa shape index (κ1) is 31.6. The lowest BCUT2D eigenvalue weighted by Gasteiger charge is -2.17. The minimum atomic E-state index is -4.39. The maximum Gasteiger partial charge on any atom is 0.416 e. The molecule has 0 saturated heterocycles. The predicted molar refractivity (Wildman–Crippen MR) is 146 cm³/mol. The molecule has 3 aromatic carbocycles. The first-order valence-electron chi connectivity index (χ1n) is 12.3. The molecule has 0 aliphatic heterocycles. The molecule has 2 atom stereocenters. The van der Waals surface area contributed by atoms with Gasteiger partial charge in [0.05, 0.1) is 28.9 Å². The van der Waals surface area contributed by atoms with Crippen molar-refractivity contribution in [1.82, 2.24) is 10.3 Å². The smallest absolute Gasteiger partial charge is 0.384 e. The molecular weight excluding hydrogens is 564 g/mol. The van der Waals surface area contributed by atoms with Crippen LogP contribution in [-0.4, -0.2) is 17.1 Å². The van der Waals surface area contributed by atoms with Gasteiger partial charge in [-0.1, -0.05) is 36.4 Å². The van der Waals surface area contributed by atoms with E-state index >= 15 is 0 Å². The van der Waals surface area contributed by atoms with Crippen molar-refractivity contribution < 1.29 is 35.9 Å². The van der Waals surface area contributed by atoms with Crippen molar-refractivity contribution >= 4 is 34.4 Å². The van der Waals surface area contributed by atoms with Gasteiger partial charge in [0.2, 0.25) is 6.08 Å². The number of rotatable bonds is 5.